The summed E-state index contributed by atoms with van der Waals surface area (Å²) < 4.78 is 11.1. The Hall–Kier alpha value is -1.62. The Bertz CT molecular complexity index is 390. The molecule has 0 aliphatic rings. The van der Waals surface area contributed by atoms with Crippen LogP contribution >= 0.6 is 0 Å². The maximum absolute atomic E-state index is 10.7. The third-order valence-corrected chi connectivity index (χ3v) is 4.77. The third-order valence-electron chi connectivity index (χ3n) is 4.77. The van der Waals surface area contributed by atoms with Crippen LogP contribution in [0.25, 0.3) is 0 Å². The van der Waals surface area contributed by atoms with E-state index >= 15 is 0 Å². The molecule has 0 aromatic rings. The predicted octanol–water partition coefficient (Wildman–Crippen LogP) is 2.21. The first-order valence-corrected chi connectivity index (χ1v) is 11.2. The molecule has 0 aromatic carbocycles. The lowest BCUT2D eigenvalue weighted by molar-refractivity contribution is 0.119. The van der Waals surface area contributed by atoms with Crippen molar-refractivity contribution < 1.29 is 19.1 Å². The summed E-state index contributed by atoms with van der Waals surface area (Å²) in [5.74, 6) is 10.8. The average molecular weight is 433 g/mol. The number of hydrogen-bond acceptors (Lipinski definition) is 6. The van der Waals surface area contributed by atoms with Gasteiger partial charge in [-0.25, -0.2) is 21.3 Å². The van der Waals surface area contributed by atoms with Crippen molar-refractivity contribution in [3.63, 3.8) is 0 Å². The van der Waals surface area contributed by atoms with E-state index in [0.29, 0.717) is 39.1 Å². The number of urea groups is 2. The number of hydrazine groups is 2. The van der Waals surface area contributed by atoms with E-state index in [4.69, 9.17) is 32.6 Å². The number of primary amides is 2. The lowest BCUT2D eigenvalue weighted by atomic mass is 10.1. The first-order valence-electron chi connectivity index (χ1n) is 11.2. The minimum atomic E-state index is -0.612. The molecule has 178 valence electrons. The van der Waals surface area contributed by atoms with Crippen LogP contribution in [0.1, 0.15) is 77.0 Å². The molecule has 0 bridgehead atoms. The van der Waals surface area contributed by atoms with Crippen molar-refractivity contribution in [3.8, 4) is 0 Å². The zero-order valence-corrected chi connectivity index (χ0v) is 18.6. The second kappa shape index (κ2) is 20.6. The molecular formula is C20H44N6O4. The van der Waals surface area contributed by atoms with E-state index in [-0.39, 0.29) is 0 Å². The van der Waals surface area contributed by atoms with Crippen LogP contribution in [0.5, 0.6) is 0 Å². The Morgan fingerprint density at radius 2 is 0.767 bits per heavy atom. The largest absolute Gasteiger partial charge is 0.381 e. The lowest BCUT2D eigenvalue weighted by Crippen LogP contribution is -2.42. The number of nitrogens with zero attached hydrogens (tertiary/aromatic N) is 2. The fourth-order valence-corrected chi connectivity index (χ4v) is 2.92. The van der Waals surface area contributed by atoms with Gasteiger partial charge < -0.3 is 20.9 Å². The van der Waals surface area contributed by atoms with Gasteiger partial charge in [0.25, 0.3) is 0 Å². The number of nitrogens with two attached hydrogens (primary N) is 4. The SMILES string of the molecule is NC(=O)N(N)CCCOCCCCCCCCCCCCOCCCN(N)C(N)=O. The molecule has 0 rings (SSSR count). The topological polar surface area (TPSA) is 163 Å². The van der Waals surface area contributed by atoms with Gasteiger partial charge in [0, 0.05) is 39.5 Å². The number of rotatable bonds is 21. The molecule has 0 spiro atoms. The molecule has 0 unspecified atom stereocenters. The third kappa shape index (κ3) is 19.7. The Kier molecular flexibility index (Phi) is 19.5. The van der Waals surface area contributed by atoms with Crippen molar-refractivity contribution >= 4 is 12.1 Å². The minimum Gasteiger partial charge on any atom is -0.381 e. The van der Waals surface area contributed by atoms with Crippen LogP contribution in [-0.4, -0.2) is 61.6 Å². The van der Waals surface area contributed by atoms with Crippen molar-refractivity contribution in [2.24, 2.45) is 23.2 Å². The fraction of sp³-hybridized carbons (Fsp3) is 0.900. The summed E-state index contributed by atoms with van der Waals surface area (Å²) >= 11 is 0. The van der Waals surface area contributed by atoms with Crippen molar-refractivity contribution in [2.45, 2.75) is 77.0 Å². The zero-order chi connectivity index (χ0) is 22.5. The molecule has 30 heavy (non-hydrogen) atoms. The quantitative estimate of drug-likeness (QED) is 0.0940. The Labute approximate surface area is 181 Å². The molecule has 0 heterocycles. The van der Waals surface area contributed by atoms with E-state index in [9.17, 15) is 9.59 Å². The molecule has 0 aliphatic heterocycles. The molecule has 8 N–H and O–H groups in total. The Morgan fingerprint density at radius 1 is 0.500 bits per heavy atom. The van der Waals surface area contributed by atoms with E-state index < -0.39 is 12.1 Å². The summed E-state index contributed by atoms with van der Waals surface area (Å²) in [7, 11) is 0. The highest BCUT2D eigenvalue weighted by molar-refractivity contribution is 5.71. The molecule has 0 saturated heterocycles. The average Bonchev–Trinajstić information content (AvgIpc) is 2.71. The highest BCUT2D eigenvalue weighted by Crippen LogP contribution is 2.10. The van der Waals surface area contributed by atoms with Gasteiger partial charge >= 0.3 is 12.1 Å². The molecule has 0 fully saturated rings. The van der Waals surface area contributed by atoms with Crippen molar-refractivity contribution in [2.75, 3.05) is 39.5 Å². The van der Waals surface area contributed by atoms with Gasteiger partial charge in [-0.2, -0.15) is 0 Å². The van der Waals surface area contributed by atoms with Gasteiger partial charge in [0.15, 0.2) is 0 Å². The number of hydrogen-bond donors (Lipinski definition) is 4. The molecule has 10 heteroatoms. The van der Waals surface area contributed by atoms with Gasteiger partial charge in [-0.3, -0.25) is 10.0 Å². The lowest BCUT2D eigenvalue weighted by Gasteiger charge is -2.13. The molecule has 0 atom stereocenters. The molecule has 0 aliphatic carbocycles. The Morgan fingerprint density at radius 3 is 1.07 bits per heavy atom. The van der Waals surface area contributed by atoms with Crippen LogP contribution in [0, 0.1) is 0 Å². The van der Waals surface area contributed by atoms with Crippen LogP contribution in [0.3, 0.4) is 0 Å². The zero-order valence-electron chi connectivity index (χ0n) is 18.6. The summed E-state index contributed by atoms with van der Waals surface area (Å²) in [4.78, 5) is 21.4. The number of amides is 4. The number of unbranched alkanes of at least 4 members (excludes halogenated alkanes) is 9. The highest BCUT2D eigenvalue weighted by atomic mass is 16.5. The maximum atomic E-state index is 10.7. The molecule has 0 saturated carbocycles. The van der Waals surface area contributed by atoms with Gasteiger partial charge in [-0.15, -0.1) is 0 Å². The minimum absolute atomic E-state index is 0.425. The van der Waals surface area contributed by atoms with E-state index in [2.05, 4.69) is 0 Å². The van der Waals surface area contributed by atoms with Crippen molar-refractivity contribution in [1.82, 2.24) is 10.0 Å². The van der Waals surface area contributed by atoms with Crippen LogP contribution in [0.2, 0.25) is 0 Å². The second-order valence-corrected chi connectivity index (χ2v) is 7.53. The van der Waals surface area contributed by atoms with Crippen LogP contribution in [0.4, 0.5) is 9.59 Å². The molecular weight excluding hydrogens is 388 g/mol. The maximum Gasteiger partial charge on any atom is 0.328 e. The fourth-order valence-electron chi connectivity index (χ4n) is 2.92. The number of ether oxygens (including phenoxy) is 2. The van der Waals surface area contributed by atoms with Gasteiger partial charge in [-0.1, -0.05) is 51.4 Å². The first-order chi connectivity index (χ1) is 14.4. The van der Waals surface area contributed by atoms with Crippen LogP contribution in [-0.2, 0) is 9.47 Å². The van der Waals surface area contributed by atoms with Gasteiger partial charge in [0.2, 0.25) is 0 Å². The standard InChI is InChI=1S/C20H44N6O4/c21-19(27)25(23)13-11-17-29-15-9-7-5-3-1-2-4-6-8-10-16-30-18-12-14-26(24)20(22)28/h1-18,23-24H2,(H2,21,27)(H2,22,28). The van der Waals surface area contributed by atoms with E-state index in [1.54, 1.807) is 0 Å². The molecule has 0 aromatic heterocycles. The monoisotopic (exact) mass is 432 g/mol. The summed E-state index contributed by atoms with van der Waals surface area (Å²) in [6.45, 7) is 3.59. The molecule has 10 nitrogen and oxygen atoms in total. The first kappa shape index (κ1) is 28.4. The van der Waals surface area contributed by atoms with Gasteiger partial charge in [-0.05, 0) is 25.7 Å². The number of carbonyl (C=O) groups is 2. The summed E-state index contributed by atoms with van der Waals surface area (Å²) in [5.41, 5.74) is 10.1. The van der Waals surface area contributed by atoms with Crippen molar-refractivity contribution in [1.29, 1.82) is 0 Å². The van der Waals surface area contributed by atoms with E-state index in [0.717, 1.165) is 36.1 Å². The molecule has 4 amide bonds. The second-order valence-electron chi connectivity index (χ2n) is 7.53. The predicted molar refractivity (Wildman–Crippen MR) is 118 cm³/mol. The van der Waals surface area contributed by atoms with Gasteiger partial charge in [0.1, 0.15) is 0 Å². The van der Waals surface area contributed by atoms with E-state index in [1.165, 1.54) is 51.4 Å². The van der Waals surface area contributed by atoms with Crippen LogP contribution < -0.4 is 23.2 Å². The van der Waals surface area contributed by atoms with Crippen LogP contribution in [0.15, 0.2) is 0 Å². The highest BCUT2D eigenvalue weighted by Gasteiger charge is 2.03. The summed E-state index contributed by atoms with van der Waals surface area (Å²) in [5, 5.41) is 2.01. The summed E-state index contributed by atoms with van der Waals surface area (Å²) in [6.07, 6.45) is 13.6. The van der Waals surface area contributed by atoms with Crippen molar-refractivity contribution in [3.05, 3.63) is 0 Å². The Balaban J connectivity index is 3.11. The smallest absolute Gasteiger partial charge is 0.328 e. The van der Waals surface area contributed by atoms with E-state index in [1.807, 2.05) is 0 Å². The summed E-state index contributed by atoms with van der Waals surface area (Å²) in [6, 6.07) is -1.22. The molecule has 0 radical (unpaired) electrons. The van der Waals surface area contributed by atoms with Gasteiger partial charge in [0.05, 0.1) is 0 Å². The number of carbonyl (C=O) groups excluding carboxylic acids is 2. The normalized spacial score (nSPS) is 10.9.